The Hall–Kier alpha value is -3.46. The molecule has 0 unspecified atom stereocenters. The fourth-order valence-corrected chi connectivity index (χ4v) is 3.51. The number of para-hydroxylation sites is 2. The molecule has 0 bridgehead atoms. The van der Waals surface area contributed by atoms with Gasteiger partial charge in [-0.1, -0.05) is 36.4 Å². The van der Waals surface area contributed by atoms with Crippen LogP contribution in [0.3, 0.4) is 0 Å². The maximum Gasteiger partial charge on any atom is 0.0915 e. The van der Waals surface area contributed by atoms with E-state index in [2.05, 4.69) is 88.5 Å². The predicted molar refractivity (Wildman–Crippen MR) is 116 cm³/mol. The highest BCUT2D eigenvalue weighted by molar-refractivity contribution is 5.80. The molecule has 3 nitrogen and oxygen atoms in total. The third kappa shape index (κ3) is 3.65. The second kappa shape index (κ2) is 7.65. The number of benzene rings is 3. The van der Waals surface area contributed by atoms with Crippen molar-refractivity contribution in [3.05, 3.63) is 102 Å². The van der Waals surface area contributed by atoms with E-state index in [1.165, 1.54) is 5.56 Å². The number of aryl methyl sites for hydroxylation is 3. The minimum Gasteiger partial charge on any atom is -0.310 e. The van der Waals surface area contributed by atoms with Crippen LogP contribution in [0.2, 0.25) is 0 Å². The van der Waals surface area contributed by atoms with Gasteiger partial charge in [0.1, 0.15) is 0 Å². The molecule has 1 aromatic heterocycles. The van der Waals surface area contributed by atoms with E-state index in [4.69, 9.17) is 0 Å². The minimum atomic E-state index is 0.927. The van der Waals surface area contributed by atoms with Crippen LogP contribution < -0.4 is 4.90 Å². The van der Waals surface area contributed by atoms with Crippen LogP contribution in [-0.4, -0.2) is 9.97 Å². The summed E-state index contributed by atoms with van der Waals surface area (Å²) in [6.45, 7) is 6.11. The van der Waals surface area contributed by atoms with Crippen molar-refractivity contribution in [2.75, 3.05) is 4.90 Å². The molecule has 0 aliphatic rings. The molecule has 0 aliphatic heterocycles. The zero-order chi connectivity index (χ0) is 19.5. The number of rotatable bonds is 4. The van der Waals surface area contributed by atoms with Crippen LogP contribution in [-0.2, 0) is 0 Å². The smallest absolute Gasteiger partial charge is 0.0915 e. The summed E-state index contributed by atoms with van der Waals surface area (Å²) in [4.78, 5) is 11.5. The SMILES string of the molecule is Cc1cc(-c2ncc(C)nc2C)cc(N(c2ccccc2)c2ccccc2)c1. The highest BCUT2D eigenvalue weighted by Crippen LogP contribution is 2.37. The van der Waals surface area contributed by atoms with Gasteiger partial charge >= 0.3 is 0 Å². The molecule has 0 fully saturated rings. The lowest BCUT2D eigenvalue weighted by Gasteiger charge is -2.26. The van der Waals surface area contributed by atoms with E-state index in [9.17, 15) is 0 Å². The maximum atomic E-state index is 4.65. The van der Waals surface area contributed by atoms with E-state index in [-0.39, 0.29) is 0 Å². The van der Waals surface area contributed by atoms with Crippen LogP contribution in [0.4, 0.5) is 17.1 Å². The number of hydrogen-bond donors (Lipinski definition) is 0. The fraction of sp³-hybridized carbons (Fsp3) is 0.120. The summed E-state index contributed by atoms with van der Waals surface area (Å²) >= 11 is 0. The Morgan fingerprint density at radius 1 is 0.679 bits per heavy atom. The molecule has 0 atom stereocenters. The van der Waals surface area contributed by atoms with Gasteiger partial charge in [-0.15, -0.1) is 0 Å². The summed E-state index contributed by atoms with van der Waals surface area (Å²) in [5.41, 5.74) is 8.43. The first-order chi connectivity index (χ1) is 13.6. The van der Waals surface area contributed by atoms with E-state index < -0.39 is 0 Å². The van der Waals surface area contributed by atoms with Crippen LogP contribution in [0.15, 0.2) is 85.1 Å². The van der Waals surface area contributed by atoms with Crippen molar-refractivity contribution >= 4 is 17.1 Å². The Morgan fingerprint density at radius 2 is 1.29 bits per heavy atom. The molecule has 4 rings (SSSR count). The summed E-state index contributed by atoms with van der Waals surface area (Å²) < 4.78 is 0. The van der Waals surface area contributed by atoms with Crippen molar-refractivity contribution in [2.24, 2.45) is 0 Å². The van der Waals surface area contributed by atoms with Gasteiger partial charge in [-0.25, -0.2) is 0 Å². The largest absolute Gasteiger partial charge is 0.310 e. The summed E-state index contributed by atoms with van der Waals surface area (Å²) in [5, 5.41) is 0. The van der Waals surface area contributed by atoms with Crippen LogP contribution >= 0.6 is 0 Å². The lowest BCUT2D eigenvalue weighted by atomic mass is 10.0. The Labute approximate surface area is 166 Å². The van der Waals surface area contributed by atoms with E-state index in [1.54, 1.807) is 0 Å². The van der Waals surface area contributed by atoms with E-state index in [1.807, 2.05) is 32.2 Å². The van der Waals surface area contributed by atoms with Gasteiger partial charge < -0.3 is 4.90 Å². The van der Waals surface area contributed by atoms with Gasteiger partial charge in [0.15, 0.2) is 0 Å². The number of anilines is 3. The molecular formula is C25H23N3. The molecule has 0 aliphatic carbocycles. The first-order valence-corrected chi connectivity index (χ1v) is 9.44. The molecule has 0 amide bonds. The summed E-state index contributed by atoms with van der Waals surface area (Å²) in [5.74, 6) is 0. The van der Waals surface area contributed by atoms with Crippen molar-refractivity contribution in [1.29, 1.82) is 0 Å². The molecule has 28 heavy (non-hydrogen) atoms. The van der Waals surface area contributed by atoms with Crippen molar-refractivity contribution in [2.45, 2.75) is 20.8 Å². The zero-order valence-corrected chi connectivity index (χ0v) is 16.4. The average Bonchev–Trinajstić information content (AvgIpc) is 2.69. The third-order valence-electron chi connectivity index (χ3n) is 4.69. The summed E-state index contributed by atoms with van der Waals surface area (Å²) in [6.07, 6.45) is 1.83. The van der Waals surface area contributed by atoms with Crippen LogP contribution in [0.25, 0.3) is 11.3 Å². The number of aromatic nitrogens is 2. The average molecular weight is 365 g/mol. The Kier molecular flexibility index (Phi) is 4.90. The van der Waals surface area contributed by atoms with Gasteiger partial charge in [-0.3, -0.25) is 9.97 Å². The second-order valence-corrected chi connectivity index (χ2v) is 7.01. The number of hydrogen-bond acceptors (Lipinski definition) is 3. The molecule has 1 heterocycles. The molecule has 0 radical (unpaired) electrons. The van der Waals surface area contributed by atoms with Crippen molar-refractivity contribution in [3.8, 4) is 11.3 Å². The van der Waals surface area contributed by atoms with E-state index in [0.29, 0.717) is 0 Å². The molecule has 0 saturated carbocycles. The highest BCUT2D eigenvalue weighted by atomic mass is 15.1. The molecule has 0 N–H and O–H groups in total. The van der Waals surface area contributed by atoms with Crippen molar-refractivity contribution < 1.29 is 0 Å². The summed E-state index contributed by atoms with van der Waals surface area (Å²) in [7, 11) is 0. The standard InChI is InChI=1S/C25H23N3/c1-18-14-21(25-20(3)27-19(2)17-26-25)16-24(15-18)28(22-10-6-4-7-11-22)23-12-8-5-9-13-23/h4-17H,1-3H3. The van der Waals surface area contributed by atoms with Crippen LogP contribution in [0.5, 0.6) is 0 Å². The molecule has 0 spiro atoms. The minimum absolute atomic E-state index is 0.927. The molecular weight excluding hydrogens is 342 g/mol. The van der Waals surface area contributed by atoms with Gasteiger partial charge in [0.05, 0.1) is 17.1 Å². The first-order valence-electron chi connectivity index (χ1n) is 9.44. The quantitative estimate of drug-likeness (QED) is 0.411. The van der Waals surface area contributed by atoms with E-state index in [0.717, 1.165) is 39.7 Å². The van der Waals surface area contributed by atoms with Crippen molar-refractivity contribution in [1.82, 2.24) is 9.97 Å². The molecule has 138 valence electrons. The monoisotopic (exact) mass is 365 g/mol. The molecule has 0 saturated heterocycles. The zero-order valence-electron chi connectivity index (χ0n) is 16.4. The molecule has 3 aromatic carbocycles. The van der Waals surface area contributed by atoms with Crippen LogP contribution in [0, 0.1) is 20.8 Å². The third-order valence-corrected chi connectivity index (χ3v) is 4.69. The van der Waals surface area contributed by atoms with Crippen LogP contribution in [0.1, 0.15) is 17.0 Å². The first kappa shape index (κ1) is 17.9. The van der Waals surface area contributed by atoms with Gasteiger partial charge in [-0.05, 0) is 68.8 Å². The van der Waals surface area contributed by atoms with Gasteiger partial charge in [0.2, 0.25) is 0 Å². The second-order valence-electron chi connectivity index (χ2n) is 7.01. The lowest BCUT2D eigenvalue weighted by Crippen LogP contribution is -2.10. The summed E-state index contributed by atoms with van der Waals surface area (Å²) in [6, 6.07) is 27.4. The van der Waals surface area contributed by atoms with Gasteiger partial charge in [-0.2, -0.15) is 0 Å². The predicted octanol–water partition coefficient (Wildman–Crippen LogP) is 6.54. The molecule has 3 heteroatoms. The fourth-order valence-electron chi connectivity index (χ4n) is 3.51. The van der Waals surface area contributed by atoms with Crippen molar-refractivity contribution in [3.63, 3.8) is 0 Å². The van der Waals surface area contributed by atoms with E-state index >= 15 is 0 Å². The molecule has 4 aromatic rings. The Balaban J connectivity index is 1.89. The topological polar surface area (TPSA) is 29.0 Å². The maximum absolute atomic E-state index is 4.65. The Bertz CT molecular complexity index is 1050. The van der Waals surface area contributed by atoms with Gasteiger partial charge in [0, 0.05) is 28.8 Å². The lowest BCUT2D eigenvalue weighted by molar-refractivity contribution is 1.06. The number of nitrogens with zero attached hydrogens (tertiary/aromatic N) is 3. The highest BCUT2D eigenvalue weighted by Gasteiger charge is 2.15. The normalized spacial score (nSPS) is 10.7. The Morgan fingerprint density at radius 3 is 1.86 bits per heavy atom. The van der Waals surface area contributed by atoms with Gasteiger partial charge in [0.25, 0.3) is 0 Å².